The van der Waals surface area contributed by atoms with Crippen molar-refractivity contribution in [3.63, 3.8) is 0 Å². The van der Waals surface area contributed by atoms with E-state index in [0.29, 0.717) is 12.0 Å². The third-order valence-electron chi connectivity index (χ3n) is 4.45. The number of rotatable bonds is 4. The Morgan fingerprint density at radius 3 is 2.30 bits per heavy atom. The number of carbonyl (C=O) groups is 2. The highest BCUT2D eigenvalue weighted by Gasteiger charge is 2.38. The van der Waals surface area contributed by atoms with Crippen LogP contribution in [0.1, 0.15) is 35.6 Å². The van der Waals surface area contributed by atoms with Gasteiger partial charge in [0.25, 0.3) is 0 Å². The number of hydrogen-bond donors (Lipinski definition) is 3. The van der Waals surface area contributed by atoms with Crippen LogP contribution in [0.25, 0.3) is 0 Å². The zero-order chi connectivity index (χ0) is 22.1. The van der Waals surface area contributed by atoms with Gasteiger partial charge in [-0.2, -0.15) is 18.4 Å². The normalized spacial score (nSPS) is 18.4. The van der Waals surface area contributed by atoms with Crippen molar-refractivity contribution in [3.8, 4) is 6.07 Å². The van der Waals surface area contributed by atoms with Crippen molar-refractivity contribution in [1.82, 2.24) is 10.6 Å². The smallest absolute Gasteiger partial charge is 0.475 e. The number of amides is 1. The molecular formula is C21H20F3N3O3. The summed E-state index contributed by atoms with van der Waals surface area (Å²) in [6, 6.07) is 20.0. The number of nitrogens with zero attached hydrogens (tertiary/aromatic N) is 1. The van der Waals surface area contributed by atoms with Crippen molar-refractivity contribution in [2.75, 3.05) is 0 Å². The van der Waals surface area contributed by atoms with Gasteiger partial charge in [0.1, 0.15) is 0 Å². The van der Waals surface area contributed by atoms with Crippen molar-refractivity contribution in [1.29, 1.82) is 5.26 Å². The van der Waals surface area contributed by atoms with E-state index in [9.17, 15) is 18.0 Å². The number of piperidine rings is 1. The van der Waals surface area contributed by atoms with E-state index < -0.39 is 12.1 Å². The number of aliphatic carboxylic acids is 1. The minimum absolute atomic E-state index is 0.00386. The first-order valence-corrected chi connectivity index (χ1v) is 9.07. The lowest BCUT2D eigenvalue weighted by atomic mass is 9.92. The van der Waals surface area contributed by atoms with E-state index in [1.807, 2.05) is 54.6 Å². The van der Waals surface area contributed by atoms with Crippen LogP contribution in [0.2, 0.25) is 0 Å². The van der Waals surface area contributed by atoms with Crippen LogP contribution in [0.3, 0.4) is 0 Å². The number of carbonyl (C=O) groups excluding carboxylic acids is 1. The van der Waals surface area contributed by atoms with Crippen LogP contribution < -0.4 is 10.6 Å². The Morgan fingerprint density at radius 2 is 1.77 bits per heavy atom. The summed E-state index contributed by atoms with van der Waals surface area (Å²) in [5, 5.41) is 22.6. The molecule has 6 nitrogen and oxygen atoms in total. The van der Waals surface area contributed by atoms with E-state index in [1.165, 1.54) is 0 Å². The zero-order valence-electron chi connectivity index (χ0n) is 15.8. The summed E-state index contributed by atoms with van der Waals surface area (Å²) in [7, 11) is 0. The minimum Gasteiger partial charge on any atom is -0.475 e. The van der Waals surface area contributed by atoms with Gasteiger partial charge in [-0.1, -0.05) is 42.5 Å². The lowest BCUT2D eigenvalue weighted by molar-refractivity contribution is -0.192. The lowest BCUT2D eigenvalue weighted by Gasteiger charge is -2.33. The molecule has 2 atom stereocenters. The van der Waals surface area contributed by atoms with Gasteiger partial charge in [-0.15, -0.1) is 0 Å². The lowest BCUT2D eigenvalue weighted by Crippen LogP contribution is -2.48. The molecule has 1 fully saturated rings. The van der Waals surface area contributed by atoms with Crippen LogP contribution >= 0.6 is 0 Å². The monoisotopic (exact) mass is 419 g/mol. The molecule has 2 aromatic rings. The van der Waals surface area contributed by atoms with Gasteiger partial charge in [0, 0.05) is 19.0 Å². The van der Waals surface area contributed by atoms with Gasteiger partial charge in [-0.3, -0.25) is 4.79 Å². The van der Waals surface area contributed by atoms with Gasteiger partial charge in [0.15, 0.2) is 0 Å². The Labute approximate surface area is 171 Å². The van der Waals surface area contributed by atoms with Crippen LogP contribution in [-0.4, -0.2) is 29.2 Å². The number of alkyl halides is 3. The first-order valence-electron chi connectivity index (χ1n) is 9.07. The summed E-state index contributed by atoms with van der Waals surface area (Å²) in [6.45, 7) is 0.718. The summed E-state index contributed by atoms with van der Waals surface area (Å²) in [5.41, 5.74) is 2.92. The molecule has 1 amide bonds. The number of carboxylic acids is 1. The maximum atomic E-state index is 11.8. The van der Waals surface area contributed by atoms with Gasteiger partial charge in [0.2, 0.25) is 5.91 Å². The average molecular weight is 419 g/mol. The zero-order valence-corrected chi connectivity index (χ0v) is 15.8. The van der Waals surface area contributed by atoms with E-state index in [-0.39, 0.29) is 18.0 Å². The molecule has 0 aliphatic carbocycles. The Balaban J connectivity index is 0.000000396. The fourth-order valence-corrected chi connectivity index (χ4v) is 2.94. The standard InChI is InChI=1S/C19H19N3O.C2HF3O2/c20-12-14-6-8-15(9-7-14)13-21-17-10-11-18(23)22-19(17)16-4-2-1-3-5-16;3-2(4,5)1(6)7/h1-9,17,19,21H,10-11,13H2,(H,22,23);(H,6,7)/t17-,19+;/m1./s1. The number of nitrogens with one attached hydrogen (secondary N) is 2. The number of carboxylic acid groups (broad SMARTS) is 1. The van der Waals surface area contributed by atoms with Crippen LogP contribution in [0.5, 0.6) is 0 Å². The van der Waals surface area contributed by atoms with Gasteiger partial charge < -0.3 is 15.7 Å². The molecule has 2 aromatic carbocycles. The molecular weight excluding hydrogens is 399 g/mol. The molecule has 3 N–H and O–H groups in total. The highest BCUT2D eigenvalue weighted by Crippen LogP contribution is 2.24. The highest BCUT2D eigenvalue weighted by atomic mass is 19.4. The predicted molar refractivity (Wildman–Crippen MR) is 102 cm³/mol. The molecule has 9 heteroatoms. The quantitative estimate of drug-likeness (QED) is 0.706. The molecule has 1 heterocycles. The van der Waals surface area contributed by atoms with Crippen LogP contribution in [0, 0.1) is 11.3 Å². The Morgan fingerprint density at radius 1 is 1.17 bits per heavy atom. The van der Waals surface area contributed by atoms with Crippen LogP contribution in [0.15, 0.2) is 54.6 Å². The largest absolute Gasteiger partial charge is 0.490 e. The van der Waals surface area contributed by atoms with Crippen molar-refractivity contribution in [2.24, 2.45) is 0 Å². The molecule has 1 saturated heterocycles. The van der Waals surface area contributed by atoms with E-state index >= 15 is 0 Å². The van der Waals surface area contributed by atoms with E-state index in [0.717, 1.165) is 24.1 Å². The van der Waals surface area contributed by atoms with Crippen LogP contribution in [-0.2, 0) is 16.1 Å². The topological polar surface area (TPSA) is 102 Å². The second-order valence-corrected chi connectivity index (χ2v) is 6.59. The maximum Gasteiger partial charge on any atom is 0.490 e. The molecule has 1 aliphatic heterocycles. The van der Waals surface area contributed by atoms with Crippen molar-refractivity contribution in [2.45, 2.75) is 37.6 Å². The SMILES string of the molecule is N#Cc1ccc(CN[C@@H]2CCC(=O)N[C@H]2c2ccccc2)cc1.O=C(O)C(F)(F)F. The number of halogens is 3. The third-order valence-corrected chi connectivity index (χ3v) is 4.45. The summed E-state index contributed by atoms with van der Waals surface area (Å²) >= 11 is 0. The predicted octanol–water partition coefficient (Wildman–Crippen LogP) is 3.30. The fraction of sp³-hybridized carbons (Fsp3) is 0.286. The second-order valence-electron chi connectivity index (χ2n) is 6.59. The van der Waals surface area contributed by atoms with Crippen molar-refractivity contribution < 1.29 is 27.9 Å². The molecule has 0 bridgehead atoms. The third kappa shape index (κ3) is 6.90. The number of nitriles is 1. The van der Waals surface area contributed by atoms with Crippen LogP contribution in [0.4, 0.5) is 13.2 Å². The molecule has 3 rings (SSSR count). The van der Waals surface area contributed by atoms with E-state index in [1.54, 1.807) is 0 Å². The van der Waals surface area contributed by atoms with Crippen molar-refractivity contribution in [3.05, 3.63) is 71.3 Å². The Kier molecular flexibility index (Phi) is 7.95. The second kappa shape index (κ2) is 10.4. The molecule has 0 saturated carbocycles. The van der Waals surface area contributed by atoms with E-state index in [2.05, 4.69) is 16.7 Å². The Hall–Kier alpha value is -3.38. The molecule has 30 heavy (non-hydrogen) atoms. The van der Waals surface area contributed by atoms with Gasteiger partial charge in [-0.25, -0.2) is 4.79 Å². The molecule has 0 unspecified atom stereocenters. The maximum absolute atomic E-state index is 11.8. The van der Waals surface area contributed by atoms with Gasteiger partial charge in [-0.05, 0) is 29.7 Å². The van der Waals surface area contributed by atoms with Gasteiger partial charge in [0.05, 0.1) is 17.7 Å². The average Bonchev–Trinajstić information content (AvgIpc) is 2.73. The molecule has 158 valence electrons. The van der Waals surface area contributed by atoms with Crippen molar-refractivity contribution >= 4 is 11.9 Å². The minimum atomic E-state index is -5.08. The molecule has 0 spiro atoms. The van der Waals surface area contributed by atoms with E-state index in [4.69, 9.17) is 15.2 Å². The first kappa shape index (κ1) is 22.9. The molecule has 0 radical (unpaired) electrons. The molecule has 1 aliphatic rings. The highest BCUT2D eigenvalue weighted by molar-refractivity contribution is 5.77. The molecule has 0 aromatic heterocycles. The first-order chi connectivity index (χ1) is 14.2. The Bertz CT molecular complexity index is 894. The van der Waals surface area contributed by atoms with Gasteiger partial charge >= 0.3 is 12.1 Å². The number of hydrogen-bond acceptors (Lipinski definition) is 4. The fourth-order valence-electron chi connectivity index (χ4n) is 2.94. The summed E-state index contributed by atoms with van der Waals surface area (Å²) < 4.78 is 31.7. The summed E-state index contributed by atoms with van der Waals surface area (Å²) in [5.74, 6) is -2.65. The summed E-state index contributed by atoms with van der Waals surface area (Å²) in [6.07, 6.45) is -3.71. The summed E-state index contributed by atoms with van der Waals surface area (Å²) in [4.78, 5) is 20.7. The number of benzene rings is 2.